The van der Waals surface area contributed by atoms with Gasteiger partial charge in [-0.25, -0.2) is 0 Å². The Balaban J connectivity index is 1.39. The summed E-state index contributed by atoms with van der Waals surface area (Å²) in [6.45, 7) is 1.01. The first-order chi connectivity index (χ1) is 19.1. The molecule has 0 aliphatic rings. The predicted octanol–water partition coefficient (Wildman–Crippen LogP) is 12.7. The Hall–Kier alpha value is -0.560. The van der Waals surface area contributed by atoms with Gasteiger partial charge in [0.2, 0.25) is 0 Å². The summed E-state index contributed by atoms with van der Waals surface area (Å²) in [6.07, 6.45) is 0. The van der Waals surface area contributed by atoms with E-state index < -0.39 is 0 Å². The molecule has 2 aromatic heterocycles. The van der Waals surface area contributed by atoms with Gasteiger partial charge in [0.15, 0.2) is 0 Å². The van der Waals surface area contributed by atoms with Gasteiger partial charge in [-0.15, -0.1) is 0 Å². The van der Waals surface area contributed by atoms with E-state index in [1.807, 2.05) is 0 Å². The molecule has 40 heavy (non-hydrogen) atoms. The Labute approximate surface area is 297 Å². The molecule has 0 atom stereocenters. The van der Waals surface area contributed by atoms with Crippen molar-refractivity contribution in [3.63, 3.8) is 0 Å². The minimum absolute atomic E-state index is 0.504. The first-order valence-electron chi connectivity index (χ1n) is 11.6. The smallest absolute Gasteiger partial charge is 0.0854 e. The summed E-state index contributed by atoms with van der Waals surface area (Å²) in [5.41, 5.74) is 4.38. The molecule has 0 amide bonds. The van der Waals surface area contributed by atoms with E-state index >= 15 is 0 Å². The SMILES string of the molecule is Brc1cc(Br)c2c(c1)c1cc(Br)cc(Br)c1n2CC#CC#CCn1c2c(Br)cc(Br)cc2c2cc(Br)cc(Br)c21. The standard InChI is InChI=1S/C30H12Br8N2/c31-15-7-19-20-8-16(32)12-24(36)28(20)39(27(19)23(35)11-15)5-3-1-2-4-6-40-29-21(9-17(33)13-25(29)37)22-10-18(34)14-26(38)30(22)40/h7-14H,5-6H2. The van der Waals surface area contributed by atoms with Crippen LogP contribution in [0, 0.1) is 23.7 Å². The highest BCUT2D eigenvalue weighted by atomic mass is 79.9. The fourth-order valence-electron chi connectivity index (χ4n) is 5.05. The number of rotatable bonds is 2. The van der Waals surface area contributed by atoms with E-state index in [9.17, 15) is 0 Å². The summed E-state index contributed by atoms with van der Waals surface area (Å²) in [5.74, 6) is 12.7. The average molecular weight is 1040 g/mol. The van der Waals surface area contributed by atoms with Gasteiger partial charge in [-0.3, -0.25) is 0 Å². The van der Waals surface area contributed by atoms with Crippen molar-refractivity contribution in [2.75, 3.05) is 0 Å². The molecule has 0 radical (unpaired) electrons. The Kier molecular flexibility index (Phi) is 8.74. The summed E-state index contributed by atoms with van der Waals surface area (Å²) in [4.78, 5) is 0. The maximum absolute atomic E-state index is 3.77. The van der Waals surface area contributed by atoms with Crippen LogP contribution in [0.3, 0.4) is 0 Å². The Morgan fingerprint density at radius 1 is 0.400 bits per heavy atom. The molecule has 0 N–H and O–H groups in total. The van der Waals surface area contributed by atoms with Crippen molar-refractivity contribution in [1.82, 2.24) is 9.13 Å². The van der Waals surface area contributed by atoms with Gasteiger partial charge in [0.25, 0.3) is 0 Å². The molecule has 2 nitrogen and oxygen atoms in total. The van der Waals surface area contributed by atoms with E-state index in [4.69, 9.17) is 0 Å². The normalized spacial score (nSPS) is 11.3. The Bertz CT molecular complexity index is 1880. The maximum atomic E-state index is 3.77. The fraction of sp³-hybridized carbons (Fsp3) is 0.0667. The molecular formula is C30H12Br8N2. The number of nitrogens with zero attached hydrogens (tertiary/aromatic N) is 2. The second-order valence-electron chi connectivity index (χ2n) is 8.91. The zero-order valence-corrected chi connectivity index (χ0v) is 32.6. The van der Waals surface area contributed by atoms with Gasteiger partial charge in [0.1, 0.15) is 0 Å². The van der Waals surface area contributed by atoms with Gasteiger partial charge in [0.05, 0.1) is 35.2 Å². The zero-order chi connectivity index (χ0) is 28.3. The Morgan fingerprint density at radius 2 is 0.650 bits per heavy atom. The number of halogens is 8. The average Bonchev–Trinajstić information content (AvgIpc) is 3.34. The highest BCUT2D eigenvalue weighted by Gasteiger charge is 2.18. The van der Waals surface area contributed by atoms with Crippen LogP contribution in [0.4, 0.5) is 0 Å². The molecule has 0 aliphatic heterocycles. The lowest BCUT2D eigenvalue weighted by Crippen LogP contribution is -1.97. The van der Waals surface area contributed by atoms with Crippen molar-refractivity contribution in [3.05, 3.63) is 84.3 Å². The molecule has 6 aromatic rings. The van der Waals surface area contributed by atoms with Crippen molar-refractivity contribution in [2.45, 2.75) is 13.1 Å². The van der Waals surface area contributed by atoms with Crippen molar-refractivity contribution >= 4 is 171 Å². The van der Waals surface area contributed by atoms with Crippen LogP contribution in [0.5, 0.6) is 0 Å². The molecule has 2 heterocycles. The number of aromatic nitrogens is 2. The first-order valence-corrected chi connectivity index (χ1v) is 18.0. The quantitative estimate of drug-likeness (QED) is 0.153. The third-order valence-electron chi connectivity index (χ3n) is 6.49. The van der Waals surface area contributed by atoms with E-state index in [1.54, 1.807) is 0 Å². The molecule has 198 valence electrons. The van der Waals surface area contributed by atoms with E-state index in [0.29, 0.717) is 13.1 Å². The van der Waals surface area contributed by atoms with Crippen LogP contribution in [-0.2, 0) is 13.1 Å². The second kappa shape index (κ2) is 11.8. The van der Waals surface area contributed by atoms with Crippen LogP contribution in [0.15, 0.2) is 84.3 Å². The maximum Gasteiger partial charge on any atom is 0.0854 e. The molecule has 4 aromatic carbocycles. The van der Waals surface area contributed by atoms with Gasteiger partial charge < -0.3 is 9.13 Å². The fourth-order valence-corrected chi connectivity index (χ4v) is 10.8. The molecule has 0 spiro atoms. The molecule has 0 aliphatic carbocycles. The van der Waals surface area contributed by atoms with Gasteiger partial charge in [0, 0.05) is 57.3 Å². The lowest BCUT2D eigenvalue weighted by molar-refractivity contribution is 0.917. The van der Waals surface area contributed by atoms with Gasteiger partial charge in [-0.1, -0.05) is 75.6 Å². The van der Waals surface area contributed by atoms with Crippen LogP contribution in [0.2, 0.25) is 0 Å². The third kappa shape index (κ3) is 5.35. The third-order valence-corrected chi connectivity index (χ3v) is 10.7. The van der Waals surface area contributed by atoms with E-state index in [2.05, 4.69) is 209 Å². The van der Waals surface area contributed by atoms with Crippen molar-refractivity contribution in [1.29, 1.82) is 0 Å². The van der Waals surface area contributed by atoms with Crippen LogP contribution in [0.1, 0.15) is 0 Å². The van der Waals surface area contributed by atoms with Crippen molar-refractivity contribution in [3.8, 4) is 23.7 Å². The molecule has 0 fully saturated rings. The molecular weight excluding hydrogens is 1030 g/mol. The van der Waals surface area contributed by atoms with Gasteiger partial charge >= 0.3 is 0 Å². The summed E-state index contributed by atoms with van der Waals surface area (Å²) in [7, 11) is 0. The minimum Gasteiger partial charge on any atom is -0.327 e. The highest BCUT2D eigenvalue weighted by molar-refractivity contribution is 9.12. The lowest BCUT2D eigenvalue weighted by atomic mass is 10.1. The van der Waals surface area contributed by atoms with E-state index in [1.165, 1.54) is 0 Å². The molecule has 0 saturated carbocycles. The topological polar surface area (TPSA) is 9.86 Å². The Morgan fingerprint density at radius 3 is 0.900 bits per heavy atom. The van der Waals surface area contributed by atoms with Crippen LogP contribution in [-0.4, -0.2) is 9.13 Å². The summed E-state index contributed by atoms with van der Waals surface area (Å²) < 4.78 is 12.5. The number of fused-ring (bicyclic) bond motifs is 6. The summed E-state index contributed by atoms with van der Waals surface area (Å²) in [6, 6.07) is 16.8. The van der Waals surface area contributed by atoms with Crippen LogP contribution in [0.25, 0.3) is 43.6 Å². The number of hydrogen-bond acceptors (Lipinski definition) is 0. The van der Waals surface area contributed by atoms with Crippen molar-refractivity contribution in [2.24, 2.45) is 0 Å². The van der Waals surface area contributed by atoms with E-state index in [0.717, 1.165) is 79.4 Å². The van der Waals surface area contributed by atoms with Crippen LogP contribution >= 0.6 is 127 Å². The molecule has 0 saturated heterocycles. The first kappa shape index (κ1) is 29.5. The molecule has 0 unspecified atom stereocenters. The lowest BCUT2D eigenvalue weighted by Gasteiger charge is -2.06. The highest BCUT2D eigenvalue weighted by Crippen LogP contribution is 2.42. The van der Waals surface area contributed by atoms with Crippen LogP contribution < -0.4 is 0 Å². The molecule has 6 rings (SSSR count). The minimum atomic E-state index is 0.504. The van der Waals surface area contributed by atoms with Crippen molar-refractivity contribution < 1.29 is 0 Å². The largest absolute Gasteiger partial charge is 0.327 e. The monoisotopic (exact) mass is 1030 g/mol. The summed E-state index contributed by atoms with van der Waals surface area (Å²) in [5, 5.41) is 4.58. The zero-order valence-electron chi connectivity index (χ0n) is 20.0. The molecule has 0 bridgehead atoms. The summed E-state index contributed by atoms with van der Waals surface area (Å²) >= 11 is 29.6. The van der Waals surface area contributed by atoms with E-state index in [-0.39, 0.29) is 0 Å². The number of benzene rings is 4. The number of hydrogen-bond donors (Lipinski definition) is 0. The second-order valence-corrected chi connectivity index (χ2v) is 16.0. The molecule has 10 heteroatoms. The van der Waals surface area contributed by atoms with Gasteiger partial charge in [-0.2, -0.15) is 0 Å². The predicted molar refractivity (Wildman–Crippen MR) is 196 cm³/mol. The van der Waals surface area contributed by atoms with Gasteiger partial charge in [-0.05, 0) is 124 Å².